The summed E-state index contributed by atoms with van der Waals surface area (Å²) in [5.41, 5.74) is 2.16. The Labute approximate surface area is 155 Å². The van der Waals surface area contributed by atoms with Crippen molar-refractivity contribution in [3.05, 3.63) is 39.7 Å². The summed E-state index contributed by atoms with van der Waals surface area (Å²) in [7, 11) is 0. The van der Waals surface area contributed by atoms with Crippen LogP contribution < -0.4 is 0 Å². The monoisotopic (exact) mass is 372 g/mol. The molecule has 4 rings (SSSR count). The zero-order valence-electron chi connectivity index (χ0n) is 14.9. The molecule has 26 heavy (non-hydrogen) atoms. The quantitative estimate of drug-likeness (QED) is 0.682. The molecule has 0 spiro atoms. The molecular weight excluding hydrogens is 352 g/mol. The lowest BCUT2D eigenvalue weighted by atomic mass is 10.0. The summed E-state index contributed by atoms with van der Waals surface area (Å²) < 4.78 is 11.2. The van der Waals surface area contributed by atoms with Crippen molar-refractivity contribution in [3.8, 4) is 11.5 Å². The molecule has 1 amide bonds. The highest BCUT2D eigenvalue weighted by Crippen LogP contribution is 2.35. The third kappa shape index (κ3) is 2.84. The Bertz CT molecular complexity index is 913. The normalized spacial score (nSPS) is 17.4. The van der Waals surface area contributed by atoms with Crippen molar-refractivity contribution in [1.29, 1.82) is 0 Å². The van der Waals surface area contributed by atoms with Crippen LogP contribution in [0.3, 0.4) is 0 Å². The highest BCUT2D eigenvalue weighted by atomic mass is 32.1. The Kier molecular flexibility index (Phi) is 4.36. The van der Waals surface area contributed by atoms with Crippen LogP contribution in [0.25, 0.3) is 11.5 Å². The maximum absolute atomic E-state index is 13.2. The summed E-state index contributed by atoms with van der Waals surface area (Å²) in [5, 5.41) is 16.3. The fourth-order valence-electron chi connectivity index (χ4n) is 3.33. The van der Waals surface area contributed by atoms with Crippen molar-refractivity contribution in [3.63, 3.8) is 0 Å². The van der Waals surface area contributed by atoms with Crippen molar-refractivity contribution in [1.82, 2.24) is 20.3 Å². The Hall–Kier alpha value is -2.48. The zero-order chi connectivity index (χ0) is 18.3. The first-order valence-electron chi connectivity index (χ1n) is 8.69. The summed E-state index contributed by atoms with van der Waals surface area (Å²) >= 11 is 1.58. The lowest BCUT2D eigenvalue weighted by Crippen LogP contribution is -2.31. The van der Waals surface area contributed by atoms with Gasteiger partial charge in [0.25, 0.3) is 5.91 Å². The van der Waals surface area contributed by atoms with Crippen molar-refractivity contribution in [2.45, 2.75) is 45.6 Å². The van der Waals surface area contributed by atoms with Gasteiger partial charge in [-0.2, -0.15) is 11.3 Å². The Morgan fingerprint density at radius 2 is 2.23 bits per heavy atom. The van der Waals surface area contributed by atoms with E-state index in [-0.39, 0.29) is 17.9 Å². The smallest absolute Gasteiger partial charge is 0.260 e. The van der Waals surface area contributed by atoms with E-state index >= 15 is 0 Å². The van der Waals surface area contributed by atoms with Crippen LogP contribution >= 0.6 is 11.3 Å². The molecule has 0 radical (unpaired) electrons. The van der Waals surface area contributed by atoms with Crippen LogP contribution in [0, 0.1) is 6.92 Å². The van der Waals surface area contributed by atoms with Gasteiger partial charge < -0.3 is 13.8 Å². The second-order valence-corrected chi connectivity index (χ2v) is 7.55. The zero-order valence-corrected chi connectivity index (χ0v) is 15.7. The van der Waals surface area contributed by atoms with Gasteiger partial charge in [0, 0.05) is 17.5 Å². The number of nitrogens with zero attached hydrogens (tertiary/aromatic N) is 4. The first-order valence-corrected chi connectivity index (χ1v) is 9.63. The van der Waals surface area contributed by atoms with Gasteiger partial charge in [0.2, 0.25) is 11.8 Å². The van der Waals surface area contributed by atoms with Crippen LogP contribution in [0.2, 0.25) is 0 Å². The molecule has 1 aliphatic heterocycles. The van der Waals surface area contributed by atoms with E-state index in [0.29, 0.717) is 35.3 Å². The molecule has 1 fully saturated rings. The topological polar surface area (TPSA) is 85.3 Å². The standard InChI is InChI=1S/C18H20N4O3S/c1-10(2)15-14(11(3)25-21-15)18(23)22-7-4-5-13(22)17-20-19-16(24-17)12-6-8-26-9-12/h6,8-10,13H,4-5,7H2,1-3H3. The van der Waals surface area contributed by atoms with Crippen molar-refractivity contribution in [2.24, 2.45) is 0 Å². The maximum atomic E-state index is 13.2. The second-order valence-electron chi connectivity index (χ2n) is 6.77. The summed E-state index contributed by atoms with van der Waals surface area (Å²) in [4.78, 5) is 15.0. The third-order valence-corrected chi connectivity index (χ3v) is 5.34. The van der Waals surface area contributed by atoms with Crippen LogP contribution in [0.5, 0.6) is 0 Å². The van der Waals surface area contributed by atoms with Gasteiger partial charge in [0.1, 0.15) is 17.4 Å². The molecule has 3 aromatic heterocycles. The molecule has 0 saturated carbocycles. The molecule has 136 valence electrons. The number of carbonyl (C=O) groups is 1. The number of aryl methyl sites for hydroxylation is 1. The van der Waals surface area contributed by atoms with E-state index in [1.54, 1.807) is 23.2 Å². The fourth-order valence-corrected chi connectivity index (χ4v) is 3.96. The van der Waals surface area contributed by atoms with Crippen molar-refractivity contribution >= 4 is 17.2 Å². The minimum Gasteiger partial charge on any atom is -0.418 e. The molecule has 4 heterocycles. The van der Waals surface area contributed by atoms with E-state index in [2.05, 4.69) is 15.4 Å². The first kappa shape index (κ1) is 17.0. The van der Waals surface area contributed by atoms with Crippen LogP contribution in [0.4, 0.5) is 0 Å². The van der Waals surface area contributed by atoms with Gasteiger partial charge in [0.05, 0.1) is 5.69 Å². The number of carbonyl (C=O) groups excluding carboxylic acids is 1. The summed E-state index contributed by atoms with van der Waals surface area (Å²) in [6.07, 6.45) is 1.70. The molecule has 7 nitrogen and oxygen atoms in total. The number of hydrogen-bond acceptors (Lipinski definition) is 7. The summed E-state index contributed by atoms with van der Waals surface area (Å²) in [6, 6.07) is 1.73. The van der Waals surface area contributed by atoms with Gasteiger partial charge in [-0.25, -0.2) is 0 Å². The van der Waals surface area contributed by atoms with Crippen LogP contribution in [0.1, 0.15) is 66.4 Å². The number of thiophene rings is 1. The van der Waals surface area contributed by atoms with E-state index in [1.807, 2.05) is 30.7 Å². The minimum atomic E-state index is -0.211. The Morgan fingerprint density at radius 3 is 2.96 bits per heavy atom. The van der Waals surface area contributed by atoms with Crippen molar-refractivity contribution in [2.75, 3.05) is 6.54 Å². The second kappa shape index (κ2) is 6.68. The molecule has 0 aliphatic carbocycles. The summed E-state index contributed by atoms with van der Waals surface area (Å²) in [6.45, 7) is 6.43. The van der Waals surface area contributed by atoms with E-state index in [9.17, 15) is 4.79 Å². The van der Waals surface area contributed by atoms with Crippen LogP contribution in [-0.4, -0.2) is 32.7 Å². The lowest BCUT2D eigenvalue weighted by Gasteiger charge is -2.22. The fraction of sp³-hybridized carbons (Fsp3) is 0.444. The van der Waals surface area contributed by atoms with Gasteiger partial charge in [-0.15, -0.1) is 10.2 Å². The van der Waals surface area contributed by atoms with Crippen LogP contribution in [0.15, 0.2) is 25.8 Å². The van der Waals surface area contributed by atoms with Gasteiger partial charge in [-0.3, -0.25) is 4.79 Å². The molecule has 0 N–H and O–H groups in total. The third-order valence-electron chi connectivity index (χ3n) is 4.66. The first-order chi connectivity index (χ1) is 12.6. The molecule has 1 unspecified atom stereocenters. The number of rotatable bonds is 4. The predicted molar refractivity (Wildman–Crippen MR) is 96.0 cm³/mol. The molecule has 1 saturated heterocycles. The molecule has 3 aromatic rings. The summed E-state index contributed by atoms with van der Waals surface area (Å²) in [5.74, 6) is 1.56. The molecule has 8 heteroatoms. The predicted octanol–water partition coefficient (Wildman–Crippen LogP) is 4.20. The molecular formula is C18H20N4O3S. The number of aromatic nitrogens is 3. The average molecular weight is 372 g/mol. The molecule has 0 aromatic carbocycles. The van der Waals surface area contributed by atoms with E-state index in [4.69, 9.17) is 8.94 Å². The lowest BCUT2D eigenvalue weighted by molar-refractivity contribution is 0.0713. The minimum absolute atomic E-state index is 0.0785. The van der Waals surface area contributed by atoms with Gasteiger partial charge in [0.15, 0.2) is 0 Å². The Balaban J connectivity index is 1.63. The molecule has 1 atom stereocenters. The molecule has 0 bridgehead atoms. The Morgan fingerprint density at radius 1 is 1.38 bits per heavy atom. The van der Waals surface area contributed by atoms with E-state index < -0.39 is 0 Å². The van der Waals surface area contributed by atoms with Gasteiger partial charge in [-0.05, 0) is 37.1 Å². The maximum Gasteiger partial charge on any atom is 0.260 e. The van der Waals surface area contributed by atoms with Crippen molar-refractivity contribution < 1.29 is 13.7 Å². The largest absolute Gasteiger partial charge is 0.418 e. The number of hydrogen-bond donors (Lipinski definition) is 0. The average Bonchev–Trinajstić information content (AvgIpc) is 3.37. The highest BCUT2D eigenvalue weighted by molar-refractivity contribution is 7.08. The SMILES string of the molecule is Cc1onc(C(C)C)c1C(=O)N1CCCC1c1nnc(-c2ccsc2)o1. The van der Waals surface area contributed by atoms with Crippen LogP contribution in [-0.2, 0) is 0 Å². The van der Waals surface area contributed by atoms with Gasteiger partial charge >= 0.3 is 0 Å². The van der Waals surface area contributed by atoms with Gasteiger partial charge in [-0.1, -0.05) is 19.0 Å². The molecule has 1 aliphatic rings. The number of likely N-dealkylation sites (tertiary alicyclic amines) is 1. The van der Waals surface area contributed by atoms with E-state index in [1.165, 1.54) is 0 Å². The van der Waals surface area contributed by atoms with E-state index in [0.717, 1.165) is 18.4 Å². The highest BCUT2D eigenvalue weighted by Gasteiger charge is 2.37. The number of amides is 1.